The number of ether oxygens (including phenoxy) is 2. The molecule has 11 nitrogen and oxygen atoms in total. The number of hydrogen-bond acceptors (Lipinski definition) is 8. The van der Waals surface area contributed by atoms with Crippen molar-refractivity contribution in [3.63, 3.8) is 0 Å². The maximum absolute atomic E-state index is 13.1. The number of nitrogen functional groups attached to an aromatic ring is 1. The molecule has 0 saturated carbocycles. The summed E-state index contributed by atoms with van der Waals surface area (Å²) in [6.45, 7) is 3.91. The number of anilines is 1. The number of nitrogens with one attached hydrogen (secondary N) is 2. The van der Waals surface area contributed by atoms with Gasteiger partial charge in [-0.15, -0.1) is 0 Å². The minimum Gasteiger partial charge on any atom is -0.496 e. The van der Waals surface area contributed by atoms with Gasteiger partial charge in [0.1, 0.15) is 10.6 Å². The van der Waals surface area contributed by atoms with Gasteiger partial charge in [-0.1, -0.05) is 0 Å². The predicted octanol–water partition coefficient (Wildman–Crippen LogP) is 0.407. The molecule has 0 bridgehead atoms. The molecule has 12 heteroatoms. The van der Waals surface area contributed by atoms with Gasteiger partial charge < -0.3 is 30.3 Å². The molecule has 0 spiro atoms. The van der Waals surface area contributed by atoms with Crippen molar-refractivity contribution < 1.29 is 27.5 Å². The van der Waals surface area contributed by atoms with E-state index in [1.807, 2.05) is 4.90 Å². The molecule has 1 aromatic rings. The fourth-order valence-electron chi connectivity index (χ4n) is 4.68. The molecular formula is C23H37N5O6S. The topological polar surface area (TPSA) is 143 Å². The lowest BCUT2D eigenvalue weighted by atomic mass is 10.0. The van der Waals surface area contributed by atoms with Gasteiger partial charge in [-0.05, 0) is 45.3 Å². The molecule has 0 aromatic heterocycles. The zero-order chi connectivity index (χ0) is 25.6. The van der Waals surface area contributed by atoms with Gasteiger partial charge in [0.05, 0.1) is 30.5 Å². The van der Waals surface area contributed by atoms with E-state index in [4.69, 9.17) is 15.2 Å². The largest absolute Gasteiger partial charge is 0.496 e. The van der Waals surface area contributed by atoms with Crippen LogP contribution in [0.1, 0.15) is 42.5 Å². The van der Waals surface area contributed by atoms with Crippen molar-refractivity contribution in [3.05, 3.63) is 17.7 Å². The van der Waals surface area contributed by atoms with E-state index >= 15 is 0 Å². The Morgan fingerprint density at radius 1 is 1.17 bits per heavy atom. The van der Waals surface area contributed by atoms with Crippen molar-refractivity contribution in [2.24, 2.45) is 0 Å². The van der Waals surface area contributed by atoms with Crippen LogP contribution in [0, 0.1) is 0 Å². The number of amides is 2. The number of piperidine rings is 1. The molecular weight excluding hydrogens is 474 g/mol. The molecule has 3 rings (SSSR count). The van der Waals surface area contributed by atoms with Gasteiger partial charge in [-0.25, -0.2) is 13.1 Å². The summed E-state index contributed by atoms with van der Waals surface area (Å²) < 4.78 is 37.8. The van der Waals surface area contributed by atoms with Crippen LogP contribution in [-0.2, 0) is 19.6 Å². The summed E-state index contributed by atoms with van der Waals surface area (Å²) in [5, 5.41) is 2.97. The highest BCUT2D eigenvalue weighted by atomic mass is 32.2. The zero-order valence-corrected chi connectivity index (χ0v) is 21.5. The van der Waals surface area contributed by atoms with E-state index in [0.717, 1.165) is 45.4 Å². The molecule has 0 aliphatic carbocycles. The molecule has 35 heavy (non-hydrogen) atoms. The molecule has 196 valence electrons. The molecule has 4 N–H and O–H groups in total. The van der Waals surface area contributed by atoms with Crippen LogP contribution >= 0.6 is 0 Å². The van der Waals surface area contributed by atoms with Gasteiger partial charge in [0.25, 0.3) is 5.91 Å². The lowest BCUT2D eigenvalue weighted by Gasteiger charge is -2.38. The average Bonchev–Trinajstić information content (AvgIpc) is 3.39. The Balaban J connectivity index is 1.60. The van der Waals surface area contributed by atoms with Crippen LogP contribution in [0.25, 0.3) is 0 Å². The van der Waals surface area contributed by atoms with Crippen LogP contribution < -0.4 is 20.5 Å². The molecule has 2 saturated heterocycles. The monoisotopic (exact) mass is 511 g/mol. The number of nitrogens with two attached hydrogens (primary N) is 1. The molecule has 2 heterocycles. The van der Waals surface area contributed by atoms with Gasteiger partial charge >= 0.3 is 0 Å². The number of nitrogens with zero attached hydrogens (tertiary/aromatic N) is 2. The summed E-state index contributed by atoms with van der Waals surface area (Å²) >= 11 is 0. The predicted molar refractivity (Wildman–Crippen MR) is 132 cm³/mol. The second-order valence-electron chi connectivity index (χ2n) is 8.93. The first-order valence-electron chi connectivity index (χ1n) is 11.9. The van der Waals surface area contributed by atoms with Crippen molar-refractivity contribution in [1.29, 1.82) is 0 Å². The number of benzene rings is 1. The summed E-state index contributed by atoms with van der Waals surface area (Å²) in [5.41, 5.74) is 5.95. The van der Waals surface area contributed by atoms with Gasteiger partial charge in [-0.3, -0.25) is 9.59 Å². The van der Waals surface area contributed by atoms with E-state index in [1.54, 1.807) is 7.11 Å². The van der Waals surface area contributed by atoms with Crippen LogP contribution in [0.5, 0.6) is 5.75 Å². The Morgan fingerprint density at radius 2 is 1.89 bits per heavy atom. The molecule has 2 aliphatic heterocycles. The number of sulfonamides is 1. The van der Waals surface area contributed by atoms with Gasteiger partial charge in [0.2, 0.25) is 15.9 Å². The maximum Gasteiger partial charge on any atom is 0.255 e. The summed E-state index contributed by atoms with van der Waals surface area (Å²) in [5.74, 6) is -0.0553. The molecule has 1 aromatic carbocycles. The van der Waals surface area contributed by atoms with Crippen LogP contribution in [-0.4, -0.2) is 96.2 Å². The molecule has 0 unspecified atom stereocenters. The van der Waals surface area contributed by atoms with E-state index < -0.39 is 15.9 Å². The Morgan fingerprint density at radius 3 is 2.51 bits per heavy atom. The third kappa shape index (κ3) is 6.63. The highest BCUT2D eigenvalue weighted by Gasteiger charge is 2.32. The second kappa shape index (κ2) is 12.0. The van der Waals surface area contributed by atoms with Gasteiger partial charge in [-0.2, -0.15) is 0 Å². The maximum atomic E-state index is 13.1. The first-order valence-corrected chi connectivity index (χ1v) is 13.4. The second-order valence-corrected chi connectivity index (χ2v) is 10.8. The highest BCUT2D eigenvalue weighted by molar-refractivity contribution is 7.89. The van der Waals surface area contributed by atoms with Crippen LogP contribution in [0.4, 0.5) is 5.69 Å². The fourth-order valence-corrected chi connectivity index (χ4v) is 5.54. The first-order chi connectivity index (χ1) is 16.7. The standard InChI is InChI=1S/C23H37N5O6S/c1-25-35(31,32)21-13-16(19(33-2)14-17(21)24)23(30)26-18-8-12-27(15-20(18)34-3)9-6-7-22(29)28-10-4-5-11-28/h13-14,18,20,25H,4-12,15,24H2,1-3H3,(H,26,30)/t18-,20+/m0/s1. The summed E-state index contributed by atoms with van der Waals surface area (Å²) in [6.07, 6.45) is 3.92. The Bertz CT molecular complexity index is 1010. The number of methoxy groups -OCH3 is 2. The Hall–Kier alpha value is -2.41. The number of likely N-dealkylation sites (tertiary alicyclic amines) is 2. The lowest BCUT2D eigenvalue weighted by molar-refractivity contribution is -0.130. The van der Waals surface area contributed by atoms with E-state index in [-0.39, 0.29) is 39.9 Å². The van der Waals surface area contributed by atoms with Gasteiger partial charge in [0, 0.05) is 45.8 Å². The van der Waals surface area contributed by atoms with E-state index in [2.05, 4.69) is 14.9 Å². The molecule has 0 radical (unpaired) electrons. The third-order valence-corrected chi connectivity index (χ3v) is 8.19. The number of hydrogen-bond donors (Lipinski definition) is 3. The fraction of sp³-hybridized carbons (Fsp3) is 0.652. The minimum absolute atomic E-state index is 0.0148. The van der Waals surface area contributed by atoms with E-state index in [9.17, 15) is 18.0 Å². The van der Waals surface area contributed by atoms with Crippen molar-refractivity contribution in [3.8, 4) is 5.75 Å². The quantitative estimate of drug-likeness (QED) is 0.383. The molecule has 2 aliphatic rings. The zero-order valence-electron chi connectivity index (χ0n) is 20.7. The smallest absolute Gasteiger partial charge is 0.255 e. The average molecular weight is 512 g/mol. The number of carbonyl (C=O) groups excluding carboxylic acids is 2. The van der Waals surface area contributed by atoms with Gasteiger partial charge in [0.15, 0.2) is 0 Å². The normalized spacial score (nSPS) is 21.2. The van der Waals surface area contributed by atoms with Crippen molar-refractivity contribution in [2.75, 3.05) is 59.7 Å². The van der Waals surface area contributed by atoms with Crippen molar-refractivity contribution in [2.45, 2.75) is 49.1 Å². The van der Waals surface area contributed by atoms with Crippen molar-refractivity contribution in [1.82, 2.24) is 19.8 Å². The Labute approximate surface area is 207 Å². The first kappa shape index (κ1) is 27.2. The summed E-state index contributed by atoms with van der Waals surface area (Å²) in [6, 6.07) is 2.30. The molecule has 2 amide bonds. The third-order valence-electron chi connectivity index (χ3n) is 6.72. The van der Waals surface area contributed by atoms with E-state index in [1.165, 1.54) is 26.3 Å². The Kier molecular flexibility index (Phi) is 9.34. The minimum atomic E-state index is -3.86. The molecule has 2 fully saturated rings. The number of carbonyl (C=O) groups is 2. The lowest BCUT2D eigenvalue weighted by Crippen LogP contribution is -2.55. The summed E-state index contributed by atoms with van der Waals surface area (Å²) in [4.78, 5) is 29.4. The van der Waals surface area contributed by atoms with Crippen LogP contribution in [0.2, 0.25) is 0 Å². The van der Waals surface area contributed by atoms with Crippen molar-refractivity contribution >= 4 is 27.5 Å². The highest BCUT2D eigenvalue weighted by Crippen LogP contribution is 2.29. The summed E-state index contributed by atoms with van der Waals surface area (Å²) in [7, 11) is 0.415. The number of rotatable bonds is 10. The van der Waals surface area contributed by atoms with E-state index in [0.29, 0.717) is 19.4 Å². The van der Waals surface area contributed by atoms with Crippen LogP contribution in [0.3, 0.4) is 0 Å². The van der Waals surface area contributed by atoms with Crippen LogP contribution in [0.15, 0.2) is 17.0 Å². The molecule has 2 atom stereocenters. The SMILES string of the molecule is CNS(=O)(=O)c1cc(C(=O)N[C@H]2CCN(CCCC(=O)N3CCCC3)C[C@H]2OC)c(OC)cc1N.